The van der Waals surface area contributed by atoms with Gasteiger partial charge in [0.2, 0.25) is 0 Å². The molecular weight excluding hydrogens is 318 g/mol. The molecule has 24 heavy (non-hydrogen) atoms. The Labute approximate surface area is 137 Å². The van der Waals surface area contributed by atoms with Gasteiger partial charge in [0.1, 0.15) is 11.4 Å². The first kappa shape index (κ1) is 16.1. The summed E-state index contributed by atoms with van der Waals surface area (Å²) in [4.78, 5) is 30.0. The minimum atomic E-state index is -2.78. The third-order valence-electron chi connectivity index (χ3n) is 4.23. The SMILES string of the molecule is CCC1(c2ccccc2)NC(=O)N(Cc2nccn2C(F)F)C1=O. The highest BCUT2D eigenvalue weighted by atomic mass is 19.3. The third-order valence-corrected chi connectivity index (χ3v) is 4.23. The van der Waals surface area contributed by atoms with Crippen molar-refractivity contribution in [3.63, 3.8) is 0 Å². The maximum Gasteiger partial charge on any atom is 0.325 e. The van der Waals surface area contributed by atoms with Crippen molar-refractivity contribution in [3.05, 3.63) is 54.1 Å². The number of halogens is 2. The molecule has 0 saturated carbocycles. The molecule has 6 nitrogen and oxygen atoms in total. The quantitative estimate of drug-likeness (QED) is 0.855. The number of aromatic nitrogens is 2. The maximum absolute atomic E-state index is 12.9. The number of rotatable bonds is 5. The van der Waals surface area contributed by atoms with E-state index in [4.69, 9.17) is 0 Å². The number of carbonyl (C=O) groups is 2. The minimum absolute atomic E-state index is 0.0477. The van der Waals surface area contributed by atoms with Crippen molar-refractivity contribution in [1.82, 2.24) is 19.8 Å². The lowest BCUT2D eigenvalue weighted by molar-refractivity contribution is -0.132. The van der Waals surface area contributed by atoms with Crippen molar-refractivity contribution >= 4 is 11.9 Å². The fourth-order valence-corrected chi connectivity index (χ4v) is 2.92. The first-order valence-corrected chi connectivity index (χ1v) is 7.49. The molecule has 0 spiro atoms. The van der Waals surface area contributed by atoms with E-state index in [-0.39, 0.29) is 12.4 Å². The van der Waals surface area contributed by atoms with E-state index >= 15 is 0 Å². The molecule has 1 fully saturated rings. The predicted octanol–water partition coefficient (Wildman–Crippen LogP) is 2.64. The lowest BCUT2D eigenvalue weighted by Crippen LogP contribution is -2.43. The normalized spacial score (nSPS) is 20.8. The Morgan fingerprint density at radius 2 is 1.96 bits per heavy atom. The maximum atomic E-state index is 12.9. The zero-order valence-electron chi connectivity index (χ0n) is 12.9. The van der Waals surface area contributed by atoms with Gasteiger partial charge in [-0.05, 0) is 12.0 Å². The van der Waals surface area contributed by atoms with Crippen LogP contribution in [0.25, 0.3) is 0 Å². The number of alkyl halides is 2. The summed E-state index contributed by atoms with van der Waals surface area (Å²) < 4.78 is 26.5. The largest absolute Gasteiger partial charge is 0.325 e. The monoisotopic (exact) mass is 334 g/mol. The van der Waals surface area contributed by atoms with Crippen molar-refractivity contribution in [1.29, 1.82) is 0 Å². The zero-order chi connectivity index (χ0) is 17.3. The average molecular weight is 334 g/mol. The molecule has 0 bridgehead atoms. The Balaban J connectivity index is 1.93. The molecule has 1 N–H and O–H groups in total. The Kier molecular flexibility index (Phi) is 4.04. The van der Waals surface area contributed by atoms with Crippen LogP contribution < -0.4 is 5.32 Å². The highest BCUT2D eigenvalue weighted by Gasteiger charge is 2.51. The van der Waals surface area contributed by atoms with Crippen molar-refractivity contribution in [2.45, 2.75) is 32.0 Å². The van der Waals surface area contributed by atoms with Gasteiger partial charge < -0.3 is 5.32 Å². The molecule has 2 aromatic rings. The number of hydrogen-bond donors (Lipinski definition) is 1. The summed E-state index contributed by atoms with van der Waals surface area (Å²) in [7, 11) is 0. The first-order valence-electron chi connectivity index (χ1n) is 7.49. The first-order chi connectivity index (χ1) is 11.5. The Morgan fingerprint density at radius 3 is 2.58 bits per heavy atom. The molecule has 8 heteroatoms. The number of nitrogens with one attached hydrogen (secondary N) is 1. The smallest absolute Gasteiger partial charge is 0.319 e. The molecule has 1 aromatic heterocycles. The number of nitrogens with zero attached hydrogens (tertiary/aromatic N) is 3. The van der Waals surface area contributed by atoms with E-state index in [0.717, 1.165) is 11.1 Å². The van der Waals surface area contributed by atoms with Crippen LogP contribution in [-0.2, 0) is 16.9 Å². The molecule has 1 aliphatic rings. The van der Waals surface area contributed by atoms with Crippen LogP contribution in [0.5, 0.6) is 0 Å². The van der Waals surface area contributed by atoms with Crippen molar-refractivity contribution < 1.29 is 18.4 Å². The Bertz CT molecular complexity index is 762. The molecule has 0 radical (unpaired) electrons. The van der Waals surface area contributed by atoms with Gasteiger partial charge in [0.25, 0.3) is 5.91 Å². The van der Waals surface area contributed by atoms with Crippen molar-refractivity contribution in [2.24, 2.45) is 0 Å². The number of urea groups is 1. The Morgan fingerprint density at radius 1 is 1.25 bits per heavy atom. The molecule has 1 aliphatic heterocycles. The summed E-state index contributed by atoms with van der Waals surface area (Å²) in [5, 5.41) is 2.71. The van der Waals surface area contributed by atoms with Gasteiger partial charge in [0, 0.05) is 12.4 Å². The molecule has 3 rings (SSSR count). The van der Waals surface area contributed by atoms with Crippen LogP contribution in [-0.4, -0.2) is 26.4 Å². The van der Waals surface area contributed by atoms with E-state index in [1.54, 1.807) is 31.2 Å². The zero-order valence-corrected chi connectivity index (χ0v) is 12.9. The van der Waals surface area contributed by atoms with Gasteiger partial charge in [-0.1, -0.05) is 37.3 Å². The fraction of sp³-hybridized carbons (Fsp3) is 0.312. The molecule has 3 amide bonds. The van der Waals surface area contributed by atoms with Gasteiger partial charge in [0.05, 0.1) is 6.54 Å². The number of amides is 3. The van der Waals surface area contributed by atoms with E-state index in [1.807, 2.05) is 6.07 Å². The lowest BCUT2D eigenvalue weighted by atomic mass is 9.87. The predicted molar refractivity (Wildman–Crippen MR) is 81.0 cm³/mol. The second-order valence-electron chi connectivity index (χ2n) is 5.47. The van der Waals surface area contributed by atoms with Crippen LogP contribution in [0.1, 0.15) is 31.3 Å². The summed E-state index contributed by atoms with van der Waals surface area (Å²) >= 11 is 0. The highest BCUT2D eigenvalue weighted by molar-refractivity contribution is 6.07. The molecule has 0 aliphatic carbocycles. The van der Waals surface area contributed by atoms with Crippen LogP contribution in [0, 0.1) is 0 Å². The fourth-order valence-electron chi connectivity index (χ4n) is 2.92. The van der Waals surface area contributed by atoms with E-state index in [9.17, 15) is 18.4 Å². The summed E-state index contributed by atoms with van der Waals surface area (Å²) in [6.07, 6.45) is 2.67. The molecule has 126 valence electrons. The van der Waals surface area contributed by atoms with Gasteiger partial charge in [0.15, 0.2) is 0 Å². The summed E-state index contributed by atoms with van der Waals surface area (Å²) in [5.74, 6) is -0.515. The minimum Gasteiger partial charge on any atom is -0.319 e. The van der Waals surface area contributed by atoms with Gasteiger partial charge >= 0.3 is 12.6 Å². The topological polar surface area (TPSA) is 67.2 Å². The van der Waals surface area contributed by atoms with Gasteiger partial charge in [-0.3, -0.25) is 14.3 Å². The standard InChI is InChI=1S/C16H16F2N4O2/c1-2-16(11-6-4-3-5-7-11)13(23)22(15(24)20-16)10-12-19-8-9-21(12)14(17)18/h3-9,14H,2,10H2,1H3,(H,20,24). The van der Waals surface area contributed by atoms with Crippen LogP contribution in [0.4, 0.5) is 13.6 Å². The number of imidazole rings is 1. The summed E-state index contributed by atoms with van der Waals surface area (Å²) in [6, 6.07) is 8.26. The van der Waals surface area contributed by atoms with E-state index in [2.05, 4.69) is 10.3 Å². The van der Waals surface area contributed by atoms with Crippen LogP contribution in [0.3, 0.4) is 0 Å². The number of imide groups is 1. The van der Waals surface area contributed by atoms with Gasteiger partial charge in [-0.2, -0.15) is 8.78 Å². The molecule has 1 aromatic carbocycles. The van der Waals surface area contributed by atoms with Gasteiger partial charge in [-0.25, -0.2) is 9.78 Å². The molecular formula is C16H16F2N4O2. The molecule has 2 heterocycles. The van der Waals surface area contributed by atoms with E-state index in [1.165, 1.54) is 6.20 Å². The number of carbonyl (C=O) groups excluding carboxylic acids is 2. The average Bonchev–Trinajstić information content (AvgIpc) is 3.14. The number of benzene rings is 1. The summed E-state index contributed by atoms with van der Waals surface area (Å²) in [5.41, 5.74) is -0.522. The molecule has 1 saturated heterocycles. The van der Waals surface area contributed by atoms with E-state index < -0.39 is 24.0 Å². The van der Waals surface area contributed by atoms with E-state index in [0.29, 0.717) is 16.6 Å². The molecule has 1 unspecified atom stereocenters. The lowest BCUT2D eigenvalue weighted by Gasteiger charge is -2.25. The second-order valence-corrected chi connectivity index (χ2v) is 5.47. The van der Waals surface area contributed by atoms with Gasteiger partial charge in [-0.15, -0.1) is 0 Å². The van der Waals surface area contributed by atoms with Crippen LogP contribution in [0.2, 0.25) is 0 Å². The van der Waals surface area contributed by atoms with Crippen molar-refractivity contribution in [2.75, 3.05) is 0 Å². The number of hydrogen-bond acceptors (Lipinski definition) is 3. The van der Waals surface area contributed by atoms with Crippen molar-refractivity contribution in [3.8, 4) is 0 Å². The second kappa shape index (κ2) is 6.03. The summed E-state index contributed by atoms with van der Waals surface area (Å²) in [6.45, 7) is -1.31. The van der Waals surface area contributed by atoms with Crippen LogP contribution >= 0.6 is 0 Å². The third kappa shape index (κ3) is 2.44. The highest BCUT2D eigenvalue weighted by Crippen LogP contribution is 2.33. The molecule has 1 atom stereocenters. The van der Waals surface area contributed by atoms with Crippen LogP contribution in [0.15, 0.2) is 42.7 Å². The Hall–Kier alpha value is -2.77.